The van der Waals surface area contributed by atoms with Crippen LogP contribution in [0.3, 0.4) is 0 Å². The molecule has 0 atom stereocenters. The van der Waals surface area contributed by atoms with Gasteiger partial charge in [0.25, 0.3) is 0 Å². The summed E-state index contributed by atoms with van der Waals surface area (Å²) in [4.78, 5) is 13.5. The predicted octanol–water partition coefficient (Wildman–Crippen LogP) is 1.63. The molecule has 0 aliphatic rings. The Hall–Kier alpha value is -1.23. The molecule has 2 aromatic heterocycles. The van der Waals surface area contributed by atoms with Crippen molar-refractivity contribution >= 4 is 0 Å². The SMILES string of the molecule is CCCC(O)O.CCCC(O)O.Cc1ncc[nH]1.Cc1ncc[nH]1.[Co]. The molecule has 1 radical (unpaired) electrons. The van der Waals surface area contributed by atoms with Gasteiger partial charge in [0.2, 0.25) is 0 Å². The largest absolute Gasteiger partial charge is 0.368 e. The molecule has 0 fully saturated rings. The first-order valence-corrected chi connectivity index (χ1v) is 7.97. The Balaban J connectivity index is -0.000000255. The summed E-state index contributed by atoms with van der Waals surface area (Å²) in [7, 11) is 0. The van der Waals surface area contributed by atoms with E-state index in [-0.39, 0.29) is 16.8 Å². The van der Waals surface area contributed by atoms with Crippen molar-refractivity contribution in [3.8, 4) is 0 Å². The minimum Gasteiger partial charge on any atom is -0.368 e. The normalized spacial score (nSPS) is 9.04. The average Bonchev–Trinajstić information content (AvgIpc) is 3.14. The van der Waals surface area contributed by atoms with Crippen molar-refractivity contribution in [3.63, 3.8) is 0 Å². The van der Waals surface area contributed by atoms with E-state index in [1.807, 2.05) is 27.7 Å². The number of nitrogens with zero attached hydrogens (tertiary/aromatic N) is 2. The van der Waals surface area contributed by atoms with Crippen molar-refractivity contribution in [2.24, 2.45) is 0 Å². The number of H-pyrrole nitrogens is 2. The second-order valence-electron chi connectivity index (χ2n) is 4.89. The molecule has 0 aliphatic heterocycles. The minimum atomic E-state index is -1.10. The van der Waals surface area contributed by atoms with Crippen molar-refractivity contribution in [1.82, 2.24) is 19.9 Å². The zero-order valence-corrected chi connectivity index (χ0v) is 16.4. The monoisotopic (exact) mass is 403 g/mol. The summed E-state index contributed by atoms with van der Waals surface area (Å²) in [6, 6.07) is 0. The summed E-state index contributed by atoms with van der Waals surface area (Å²) in [5, 5.41) is 32.4. The van der Waals surface area contributed by atoms with Crippen molar-refractivity contribution in [2.45, 2.75) is 66.0 Å². The van der Waals surface area contributed by atoms with Gasteiger partial charge in [0.15, 0.2) is 12.6 Å². The molecule has 25 heavy (non-hydrogen) atoms. The third-order valence-electron chi connectivity index (χ3n) is 2.36. The Kier molecular flexibility index (Phi) is 23.8. The van der Waals surface area contributed by atoms with Crippen LogP contribution in [0.5, 0.6) is 0 Å². The first kappa shape index (κ1) is 28.6. The summed E-state index contributed by atoms with van der Waals surface area (Å²) >= 11 is 0. The molecular weight excluding hydrogens is 371 g/mol. The molecule has 0 unspecified atom stereocenters. The zero-order valence-electron chi connectivity index (χ0n) is 15.3. The fourth-order valence-electron chi connectivity index (χ4n) is 1.20. The Bertz CT molecular complexity index is 395. The van der Waals surface area contributed by atoms with Crippen LogP contribution >= 0.6 is 0 Å². The number of nitrogens with one attached hydrogen (secondary N) is 2. The van der Waals surface area contributed by atoms with E-state index < -0.39 is 12.6 Å². The summed E-state index contributed by atoms with van der Waals surface area (Å²) in [5.41, 5.74) is 0. The molecule has 0 aliphatic carbocycles. The van der Waals surface area contributed by atoms with Gasteiger partial charge in [-0.25, -0.2) is 9.97 Å². The predicted molar refractivity (Wildman–Crippen MR) is 92.9 cm³/mol. The second-order valence-corrected chi connectivity index (χ2v) is 4.89. The molecule has 0 spiro atoms. The molecule has 8 nitrogen and oxygen atoms in total. The van der Waals surface area contributed by atoms with Crippen molar-refractivity contribution in [3.05, 3.63) is 36.4 Å². The molecule has 0 saturated heterocycles. The number of aromatic nitrogens is 4. The maximum absolute atomic E-state index is 8.11. The Labute approximate surface area is 160 Å². The van der Waals surface area contributed by atoms with Gasteiger partial charge in [-0.15, -0.1) is 0 Å². The van der Waals surface area contributed by atoms with Crippen LogP contribution in [0.1, 0.15) is 51.2 Å². The van der Waals surface area contributed by atoms with Gasteiger partial charge in [0, 0.05) is 41.6 Å². The van der Waals surface area contributed by atoms with Gasteiger partial charge in [0.05, 0.1) is 0 Å². The third-order valence-corrected chi connectivity index (χ3v) is 2.36. The number of hydrogen-bond acceptors (Lipinski definition) is 6. The minimum absolute atomic E-state index is 0. The van der Waals surface area contributed by atoms with Crippen molar-refractivity contribution in [1.29, 1.82) is 0 Å². The van der Waals surface area contributed by atoms with Crippen LogP contribution in [0.25, 0.3) is 0 Å². The number of aliphatic hydroxyl groups excluding tert-OH is 2. The molecule has 2 aromatic rings. The Morgan fingerprint density at radius 3 is 1.16 bits per heavy atom. The van der Waals surface area contributed by atoms with Gasteiger partial charge >= 0.3 is 0 Å². The van der Waals surface area contributed by atoms with Gasteiger partial charge in [-0.05, 0) is 26.7 Å². The van der Waals surface area contributed by atoms with E-state index in [0.717, 1.165) is 24.5 Å². The van der Waals surface area contributed by atoms with Gasteiger partial charge in [0.1, 0.15) is 11.6 Å². The first-order chi connectivity index (χ1) is 11.3. The average molecular weight is 403 g/mol. The van der Waals surface area contributed by atoms with Crippen LogP contribution in [0.4, 0.5) is 0 Å². The van der Waals surface area contributed by atoms with Crippen LogP contribution < -0.4 is 0 Å². The number of imidazole rings is 2. The van der Waals surface area contributed by atoms with Crippen LogP contribution in [0.2, 0.25) is 0 Å². The van der Waals surface area contributed by atoms with Crippen molar-refractivity contribution in [2.75, 3.05) is 0 Å². The molecule has 0 amide bonds. The molecule has 0 saturated carbocycles. The van der Waals surface area contributed by atoms with E-state index in [2.05, 4.69) is 19.9 Å². The summed E-state index contributed by atoms with van der Waals surface area (Å²) in [6.45, 7) is 7.64. The fourth-order valence-corrected chi connectivity index (χ4v) is 1.20. The summed E-state index contributed by atoms with van der Waals surface area (Å²) < 4.78 is 0. The van der Waals surface area contributed by atoms with E-state index in [1.54, 1.807) is 24.8 Å². The molecule has 6 N–H and O–H groups in total. The van der Waals surface area contributed by atoms with E-state index in [0.29, 0.717) is 12.8 Å². The Morgan fingerprint density at radius 1 is 0.800 bits per heavy atom. The van der Waals surface area contributed by atoms with Gasteiger partial charge in [-0.1, -0.05) is 26.7 Å². The van der Waals surface area contributed by atoms with Gasteiger partial charge in [-0.3, -0.25) is 0 Å². The van der Waals surface area contributed by atoms with Gasteiger partial charge in [-0.2, -0.15) is 0 Å². The van der Waals surface area contributed by atoms with Crippen molar-refractivity contribution < 1.29 is 37.2 Å². The van der Waals surface area contributed by atoms with Crippen LogP contribution in [-0.4, -0.2) is 52.9 Å². The van der Waals surface area contributed by atoms with E-state index in [9.17, 15) is 0 Å². The number of rotatable bonds is 4. The molecule has 0 bridgehead atoms. The van der Waals surface area contributed by atoms with Crippen LogP contribution in [0, 0.1) is 13.8 Å². The smallest absolute Gasteiger partial charge is 0.151 e. The molecule has 2 heterocycles. The van der Waals surface area contributed by atoms with E-state index in [1.165, 1.54) is 0 Å². The van der Waals surface area contributed by atoms with E-state index in [4.69, 9.17) is 20.4 Å². The quantitative estimate of drug-likeness (QED) is 0.429. The first-order valence-electron chi connectivity index (χ1n) is 7.97. The number of aromatic amines is 2. The summed E-state index contributed by atoms with van der Waals surface area (Å²) in [5.74, 6) is 1.94. The standard InChI is InChI=1S/2C4H6N2.2C4H10O2.Co/c2*1-4-5-2-3-6-4;2*1-2-3-4(5)6;/h2*2-3H,1H3,(H,5,6);2*4-6H,2-3H2,1H3;. The van der Waals surface area contributed by atoms with Crippen LogP contribution in [0.15, 0.2) is 24.8 Å². The number of aliphatic hydroxyl groups is 4. The molecule has 149 valence electrons. The third kappa shape index (κ3) is 27.9. The van der Waals surface area contributed by atoms with Crippen LogP contribution in [-0.2, 0) is 16.8 Å². The number of aryl methyl sites for hydroxylation is 2. The molecule has 2 rings (SSSR count). The second kappa shape index (κ2) is 20.8. The maximum Gasteiger partial charge on any atom is 0.151 e. The molecule has 9 heteroatoms. The maximum atomic E-state index is 8.11. The fraction of sp³-hybridized carbons (Fsp3) is 0.625. The summed E-state index contributed by atoms with van der Waals surface area (Å²) in [6.07, 6.45) is 7.50. The topological polar surface area (TPSA) is 138 Å². The van der Waals surface area contributed by atoms with E-state index >= 15 is 0 Å². The number of hydrogen-bond donors (Lipinski definition) is 6. The van der Waals surface area contributed by atoms with Gasteiger partial charge < -0.3 is 30.4 Å². The Morgan fingerprint density at radius 2 is 1.12 bits per heavy atom. The zero-order chi connectivity index (χ0) is 18.8. The molecule has 0 aromatic carbocycles. The molecular formula is C16H32CoN4O4.